The highest BCUT2D eigenvalue weighted by atomic mass is 35.5. The molecule has 0 saturated carbocycles. The second-order valence-electron chi connectivity index (χ2n) is 5.85. The van der Waals surface area contributed by atoms with Crippen molar-refractivity contribution in [1.82, 2.24) is 9.97 Å². The summed E-state index contributed by atoms with van der Waals surface area (Å²) in [7, 11) is 3.40. The standard InChI is InChI=1S/C18H24N2O4S2.2ClH/c1-11-17(23)15(9-21)13(7-19-11)3-5-25-26-6-4-14-8-20-12(2)18(24)16(14)10-22;;/h7-8,21-24H,3-6,9-10H2,1-2H3;2*1H. The monoisotopic (exact) mass is 468 g/mol. The fourth-order valence-electron chi connectivity index (χ4n) is 2.57. The lowest BCUT2D eigenvalue weighted by molar-refractivity contribution is 0.273. The third-order valence-corrected chi connectivity index (χ3v) is 6.58. The number of hydrogen-bond donors (Lipinski definition) is 4. The van der Waals surface area contributed by atoms with Gasteiger partial charge in [0.15, 0.2) is 0 Å². The van der Waals surface area contributed by atoms with Crippen LogP contribution in [0.2, 0.25) is 0 Å². The molecule has 6 nitrogen and oxygen atoms in total. The van der Waals surface area contributed by atoms with Gasteiger partial charge < -0.3 is 20.4 Å². The Morgan fingerprint density at radius 2 is 1.11 bits per heavy atom. The van der Waals surface area contributed by atoms with E-state index in [1.54, 1.807) is 47.8 Å². The van der Waals surface area contributed by atoms with Crippen molar-refractivity contribution in [2.75, 3.05) is 11.5 Å². The van der Waals surface area contributed by atoms with Crippen molar-refractivity contribution >= 4 is 46.4 Å². The Kier molecular flexibility index (Phi) is 12.9. The molecule has 158 valence electrons. The Labute approximate surface area is 185 Å². The number of aromatic nitrogens is 2. The first-order valence-electron chi connectivity index (χ1n) is 8.28. The van der Waals surface area contributed by atoms with E-state index < -0.39 is 0 Å². The molecule has 4 N–H and O–H groups in total. The molecule has 2 rings (SSSR count). The maximum absolute atomic E-state index is 9.96. The van der Waals surface area contributed by atoms with Crippen molar-refractivity contribution in [2.24, 2.45) is 0 Å². The molecule has 0 saturated heterocycles. The van der Waals surface area contributed by atoms with Crippen molar-refractivity contribution in [3.8, 4) is 11.5 Å². The summed E-state index contributed by atoms with van der Waals surface area (Å²) in [6, 6.07) is 0. The van der Waals surface area contributed by atoms with Gasteiger partial charge in [0.2, 0.25) is 0 Å². The van der Waals surface area contributed by atoms with E-state index in [1.807, 2.05) is 0 Å². The van der Waals surface area contributed by atoms with Gasteiger partial charge in [0.25, 0.3) is 0 Å². The first kappa shape index (κ1) is 27.1. The largest absolute Gasteiger partial charge is 0.506 e. The van der Waals surface area contributed by atoms with Crippen LogP contribution in [0.4, 0.5) is 0 Å². The van der Waals surface area contributed by atoms with Crippen molar-refractivity contribution in [3.05, 3.63) is 46.0 Å². The van der Waals surface area contributed by atoms with Crippen molar-refractivity contribution in [2.45, 2.75) is 39.9 Å². The molecule has 0 amide bonds. The molecule has 0 radical (unpaired) electrons. The molecular formula is C18H26Cl2N2O4S2. The van der Waals surface area contributed by atoms with Gasteiger partial charge >= 0.3 is 0 Å². The third-order valence-electron chi connectivity index (χ3n) is 4.17. The zero-order valence-electron chi connectivity index (χ0n) is 15.7. The number of aliphatic hydroxyl groups is 2. The first-order valence-corrected chi connectivity index (χ1v) is 10.8. The third kappa shape index (κ3) is 6.86. The number of halogens is 2. The number of nitrogens with zero attached hydrogens (tertiary/aromatic N) is 2. The molecule has 28 heavy (non-hydrogen) atoms. The number of aliphatic hydroxyl groups excluding tert-OH is 2. The molecule has 0 aliphatic rings. The Hall–Kier alpha value is -0.900. The lowest BCUT2D eigenvalue weighted by atomic mass is 10.1. The van der Waals surface area contributed by atoms with E-state index in [2.05, 4.69) is 9.97 Å². The molecule has 2 aromatic heterocycles. The molecule has 0 aliphatic heterocycles. The molecule has 0 aliphatic carbocycles. The second kappa shape index (κ2) is 13.3. The van der Waals surface area contributed by atoms with Crippen LogP contribution in [-0.4, -0.2) is 41.9 Å². The average molecular weight is 469 g/mol. The molecular weight excluding hydrogens is 443 g/mol. The van der Waals surface area contributed by atoms with E-state index in [-0.39, 0.29) is 49.5 Å². The fraction of sp³-hybridized carbons (Fsp3) is 0.444. The van der Waals surface area contributed by atoms with Gasteiger partial charge in [0.05, 0.1) is 24.6 Å². The minimum atomic E-state index is -0.198. The highest BCUT2D eigenvalue weighted by molar-refractivity contribution is 8.76. The van der Waals surface area contributed by atoms with E-state index in [4.69, 9.17) is 0 Å². The van der Waals surface area contributed by atoms with Crippen LogP contribution in [-0.2, 0) is 26.1 Å². The van der Waals surface area contributed by atoms with Gasteiger partial charge in [-0.05, 0) is 37.8 Å². The van der Waals surface area contributed by atoms with E-state index in [9.17, 15) is 20.4 Å². The van der Waals surface area contributed by atoms with Crippen LogP contribution in [0.5, 0.6) is 11.5 Å². The summed E-state index contributed by atoms with van der Waals surface area (Å²) in [5.41, 5.74) is 3.87. The molecule has 0 unspecified atom stereocenters. The van der Waals surface area contributed by atoms with Crippen LogP contribution in [0, 0.1) is 13.8 Å². The molecule has 2 heterocycles. The Morgan fingerprint density at radius 1 is 0.750 bits per heavy atom. The first-order chi connectivity index (χ1) is 12.5. The van der Waals surface area contributed by atoms with Crippen LogP contribution < -0.4 is 0 Å². The summed E-state index contributed by atoms with van der Waals surface area (Å²) in [6.07, 6.45) is 4.84. The summed E-state index contributed by atoms with van der Waals surface area (Å²) in [5.74, 6) is 1.80. The predicted molar refractivity (Wildman–Crippen MR) is 120 cm³/mol. The van der Waals surface area contributed by atoms with E-state index in [1.165, 1.54) is 0 Å². The number of aryl methyl sites for hydroxylation is 4. The molecule has 0 bridgehead atoms. The van der Waals surface area contributed by atoms with Crippen LogP contribution in [0.3, 0.4) is 0 Å². The smallest absolute Gasteiger partial charge is 0.142 e. The van der Waals surface area contributed by atoms with E-state index in [0.29, 0.717) is 35.4 Å². The van der Waals surface area contributed by atoms with Crippen molar-refractivity contribution in [3.63, 3.8) is 0 Å². The Balaban J connectivity index is 0.00000364. The number of aromatic hydroxyl groups is 2. The Morgan fingerprint density at radius 3 is 1.43 bits per heavy atom. The van der Waals surface area contributed by atoms with Crippen molar-refractivity contribution in [1.29, 1.82) is 0 Å². The molecule has 2 aromatic rings. The van der Waals surface area contributed by atoms with Gasteiger partial charge in [0, 0.05) is 35.0 Å². The van der Waals surface area contributed by atoms with Gasteiger partial charge in [-0.3, -0.25) is 9.97 Å². The zero-order chi connectivity index (χ0) is 19.1. The molecule has 0 atom stereocenters. The summed E-state index contributed by atoms with van der Waals surface area (Å²) in [6.45, 7) is 3.02. The average Bonchev–Trinajstić information content (AvgIpc) is 2.64. The summed E-state index contributed by atoms with van der Waals surface area (Å²) in [5, 5.41) is 38.8. The van der Waals surface area contributed by atoms with Crippen LogP contribution in [0.25, 0.3) is 0 Å². The number of hydrogen-bond acceptors (Lipinski definition) is 8. The lowest BCUT2D eigenvalue weighted by Gasteiger charge is -2.11. The zero-order valence-corrected chi connectivity index (χ0v) is 19.0. The molecule has 0 fully saturated rings. The number of pyridine rings is 2. The molecule has 0 spiro atoms. The lowest BCUT2D eigenvalue weighted by Crippen LogP contribution is -2.01. The highest BCUT2D eigenvalue weighted by Crippen LogP contribution is 2.29. The topological polar surface area (TPSA) is 107 Å². The maximum Gasteiger partial charge on any atom is 0.142 e. The predicted octanol–water partition coefficient (Wildman–Crippen LogP) is 3.50. The minimum Gasteiger partial charge on any atom is -0.506 e. The van der Waals surface area contributed by atoms with Gasteiger partial charge in [-0.2, -0.15) is 0 Å². The molecule has 0 aromatic carbocycles. The van der Waals surface area contributed by atoms with E-state index >= 15 is 0 Å². The van der Waals surface area contributed by atoms with Gasteiger partial charge in [-0.15, -0.1) is 24.8 Å². The second-order valence-corrected chi connectivity index (χ2v) is 8.55. The maximum atomic E-state index is 9.96. The number of rotatable bonds is 9. The normalized spacial score (nSPS) is 10.3. The van der Waals surface area contributed by atoms with Crippen LogP contribution in [0.15, 0.2) is 12.4 Å². The quantitative estimate of drug-likeness (QED) is 0.327. The van der Waals surface area contributed by atoms with Gasteiger partial charge in [0.1, 0.15) is 11.5 Å². The van der Waals surface area contributed by atoms with Gasteiger partial charge in [-0.1, -0.05) is 21.6 Å². The minimum absolute atomic E-state index is 0. The highest BCUT2D eigenvalue weighted by Gasteiger charge is 2.12. The SMILES string of the molecule is Cc1ncc(CCSSCCc2cnc(C)c(O)c2CO)c(CO)c1O.Cl.Cl. The van der Waals surface area contributed by atoms with Gasteiger partial charge in [-0.25, -0.2) is 0 Å². The van der Waals surface area contributed by atoms with Crippen LogP contribution in [0.1, 0.15) is 33.6 Å². The summed E-state index contributed by atoms with van der Waals surface area (Å²) in [4.78, 5) is 8.29. The summed E-state index contributed by atoms with van der Waals surface area (Å²) >= 11 is 0. The van der Waals surface area contributed by atoms with Crippen LogP contribution >= 0.6 is 46.4 Å². The molecule has 10 heteroatoms. The van der Waals surface area contributed by atoms with Crippen molar-refractivity contribution < 1.29 is 20.4 Å². The van der Waals surface area contributed by atoms with E-state index in [0.717, 1.165) is 22.6 Å². The summed E-state index contributed by atoms with van der Waals surface area (Å²) < 4.78 is 0. The fourth-order valence-corrected chi connectivity index (χ4v) is 4.62. The Bertz CT molecular complexity index is 703.